The molecule has 1 amide bonds. The third kappa shape index (κ3) is 3.34. The summed E-state index contributed by atoms with van der Waals surface area (Å²) >= 11 is 9.52. The molecule has 0 unspecified atom stereocenters. The minimum absolute atomic E-state index is 0.209. The van der Waals surface area contributed by atoms with Gasteiger partial charge in [-0.05, 0) is 46.6 Å². The lowest BCUT2D eigenvalue weighted by Crippen LogP contribution is -2.48. The van der Waals surface area contributed by atoms with Crippen molar-refractivity contribution in [2.75, 3.05) is 7.11 Å². The fourth-order valence-corrected chi connectivity index (χ4v) is 3.82. The van der Waals surface area contributed by atoms with Crippen LogP contribution in [0, 0.1) is 0 Å². The van der Waals surface area contributed by atoms with E-state index in [2.05, 4.69) is 15.9 Å². The zero-order valence-electron chi connectivity index (χ0n) is 11.7. The highest BCUT2D eigenvalue weighted by Crippen LogP contribution is 2.35. The highest BCUT2D eigenvalue weighted by molar-refractivity contribution is 9.10. The van der Waals surface area contributed by atoms with Crippen LogP contribution < -0.4 is 9.84 Å². The predicted octanol–water partition coefficient (Wildman–Crippen LogP) is 1.80. The molecule has 1 atom stereocenters. The van der Waals surface area contributed by atoms with Crippen LogP contribution in [0.15, 0.2) is 27.6 Å². The van der Waals surface area contributed by atoms with Crippen LogP contribution in [0.2, 0.25) is 0 Å². The Kier molecular flexibility index (Phi) is 5.25. The standard InChI is InChI=1S/C14H12BrNO4S2/c1-7(13(18)19)16-12(17)11(22-14(16)21)6-8-3-4-10(20-2)9(15)5-8/h3-7H,1-2H3,(H,18,19)/p-1/b11-6+/t7-/m1/s1. The van der Waals surface area contributed by atoms with E-state index in [0.717, 1.165) is 26.7 Å². The van der Waals surface area contributed by atoms with Crippen LogP contribution in [0.3, 0.4) is 0 Å². The number of carbonyl (C=O) groups excluding carboxylic acids is 2. The summed E-state index contributed by atoms with van der Waals surface area (Å²) < 4.78 is 6.10. The van der Waals surface area contributed by atoms with E-state index in [-0.39, 0.29) is 4.32 Å². The summed E-state index contributed by atoms with van der Waals surface area (Å²) in [5.41, 5.74) is 0.772. The maximum absolute atomic E-state index is 12.3. The second-order valence-corrected chi connectivity index (χ2v) is 6.97. The fraction of sp³-hybridized carbons (Fsp3) is 0.214. The molecule has 0 aromatic heterocycles. The first kappa shape index (κ1) is 17.0. The Labute approximate surface area is 145 Å². The monoisotopic (exact) mass is 400 g/mol. The molecule has 1 heterocycles. The van der Waals surface area contributed by atoms with Crippen LogP contribution >= 0.6 is 39.9 Å². The molecule has 22 heavy (non-hydrogen) atoms. The highest BCUT2D eigenvalue weighted by Gasteiger charge is 2.35. The second-order valence-electron chi connectivity index (χ2n) is 4.44. The van der Waals surface area contributed by atoms with Crippen LogP contribution in [-0.2, 0) is 9.59 Å². The zero-order valence-corrected chi connectivity index (χ0v) is 14.9. The quantitative estimate of drug-likeness (QED) is 0.566. The van der Waals surface area contributed by atoms with Crippen molar-refractivity contribution in [3.63, 3.8) is 0 Å². The number of nitrogens with zero attached hydrogens (tertiary/aromatic N) is 1. The Bertz CT molecular complexity index is 689. The number of carbonyl (C=O) groups is 2. The van der Waals surface area contributed by atoms with Crippen molar-refractivity contribution in [3.8, 4) is 5.75 Å². The molecule has 1 saturated heterocycles. The molecule has 0 bridgehead atoms. The highest BCUT2D eigenvalue weighted by atomic mass is 79.9. The summed E-state index contributed by atoms with van der Waals surface area (Å²) in [4.78, 5) is 24.7. The van der Waals surface area contributed by atoms with Crippen molar-refractivity contribution in [2.45, 2.75) is 13.0 Å². The number of aliphatic carboxylic acids is 1. The van der Waals surface area contributed by atoms with Gasteiger partial charge in [-0.2, -0.15) is 0 Å². The Morgan fingerprint density at radius 3 is 2.77 bits per heavy atom. The molecule has 0 radical (unpaired) electrons. The van der Waals surface area contributed by atoms with Crippen LogP contribution in [0.5, 0.6) is 5.75 Å². The SMILES string of the molecule is COc1ccc(/C=C2/SC(=S)N([C@H](C)C(=O)[O-])C2=O)cc1Br. The van der Waals surface area contributed by atoms with Gasteiger partial charge >= 0.3 is 0 Å². The predicted molar refractivity (Wildman–Crippen MR) is 90.2 cm³/mol. The Hall–Kier alpha value is -1.38. The molecule has 116 valence electrons. The molecule has 1 aromatic carbocycles. The molecule has 0 N–H and O–H groups in total. The van der Waals surface area contributed by atoms with E-state index in [4.69, 9.17) is 17.0 Å². The summed E-state index contributed by atoms with van der Waals surface area (Å²) in [6.45, 7) is 1.37. The summed E-state index contributed by atoms with van der Waals surface area (Å²) in [6, 6.07) is 4.26. The smallest absolute Gasteiger partial charge is 0.266 e. The van der Waals surface area contributed by atoms with Gasteiger partial charge in [0.25, 0.3) is 5.91 Å². The fourth-order valence-electron chi connectivity index (χ4n) is 1.84. The van der Waals surface area contributed by atoms with Gasteiger partial charge in [0.1, 0.15) is 10.1 Å². The van der Waals surface area contributed by atoms with Gasteiger partial charge in [0.15, 0.2) is 0 Å². The first-order valence-electron chi connectivity index (χ1n) is 6.16. The minimum Gasteiger partial charge on any atom is -0.548 e. The Balaban J connectivity index is 2.30. The zero-order chi connectivity index (χ0) is 16.4. The number of benzene rings is 1. The number of hydrogen-bond donors (Lipinski definition) is 0. The normalized spacial score (nSPS) is 18.0. The number of thiocarbonyl (C=S) groups is 1. The topological polar surface area (TPSA) is 69.7 Å². The van der Waals surface area contributed by atoms with E-state index < -0.39 is 17.9 Å². The van der Waals surface area contributed by atoms with Crippen LogP contribution in [0.1, 0.15) is 12.5 Å². The summed E-state index contributed by atoms with van der Waals surface area (Å²) in [7, 11) is 1.56. The molecule has 5 nitrogen and oxygen atoms in total. The summed E-state index contributed by atoms with van der Waals surface area (Å²) in [5, 5.41) is 10.9. The summed E-state index contributed by atoms with van der Waals surface area (Å²) in [5.74, 6) is -1.10. The third-order valence-electron chi connectivity index (χ3n) is 3.03. The maximum Gasteiger partial charge on any atom is 0.266 e. The largest absolute Gasteiger partial charge is 0.548 e. The van der Waals surface area contributed by atoms with Gasteiger partial charge in [0.2, 0.25) is 0 Å². The van der Waals surface area contributed by atoms with Gasteiger partial charge in [0.05, 0.1) is 28.5 Å². The number of carboxylic acids is 1. The Morgan fingerprint density at radius 2 is 2.23 bits per heavy atom. The van der Waals surface area contributed by atoms with Gasteiger partial charge in [-0.1, -0.05) is 30.0 Å². The average molecular weight is 401 g/mol. The van der Waals surface area contributed by atoms with Crippen LogP contribution in [0.4, 0.5) is 0 Å². The maximum atomic E-state index is 12.3. The Morgan fingerprint density at radius 1 is 1.55 bits per heavy atom. The van der Waals surface area contributed by atoms with Gasteiger partial charge in [-0.25, -0.2) is 0 Å². The average Bonchev–Trinajstić information content (AvgIpc) is 2.73. The van der Waals surface area contributed by atoms with Gasteiger partial charge in [-0.3, -0.25) is 9.69 Å². The number of carboxylic acid groups (broad SMARTS) is 1. The molecule has 0 aliphatic carbocycles. The van der Waals surface area contributed by atoms with Gasteiger partial charge in [0, 0.05) is 0 Å². The lowest BCUT2D eigenvalue weighted by Gasteiger charge is -2.23. The molecule has 0 spiro atoms. The van der Waals surface area contributed by atoms with E-state index >= 15 is 0 Å². The number of hydrogen-bond acceptors (Lipinski definition) is 6. The van der Waals surface area contributed by atoms with Gasteiger partial charge < -0.3 is 14.6 Å². The second kappa shape index (κ2) is 6.80. The molecule has 1 aliphatic rings. The van der Waals surface area contributed by atoms with E-state index in [9.17, 15) is 14.7 Å². The lowest BCUT2D eigenvalue weighted by molar-refractivity contribution is -0.309. The first-order valence-corrected chi connectivity index (χ1v) is 8.18. The molecular formula is C14H11BrNO4S2-. The van der Waals surface area contributed by atoms with Crippen LogP contribution in [-0.4, -0.2) is 34.2 Å². The molecule has 0 saturated carbocycles. The van der Waals surface area contributed by atoms with Crippen molar-refractivity contribution in [2.24, 2.45) is 0 Å². The number of rotatable bonds is 4. The molecule has 1 aromatic rings. The van der Waals surface area contributed by atoms with Crippen molar-refractivity contribution >= 4 is 62.2 Å². The molecule has 2 rings (SSSR count). The third-order valence-corrected chi connectivity index (χ3v) is 4.98. The molecule has 1 aliphatic heterocycles. The molecule has 1 fully saturated rings. The van der Waals surface area contributed by atoms with E-state index in [1.807, 2.05) is 0 Å². The molecular weight excluding hydrogens is 390 g/mol. The van der Waals surface area contributed by atoms with Crippen molar-refractivity contribution in [1.82, 2.24) is 4.90 Å². The first-order chi connectivity index (χ1) is 10.3. The number of amides is 1. The minimum atomic E-state index is -1.34. The van der Waals surface area contributed by atoms with Crippen LogP contribution in [0.25, 0.3) is 6.08 Å². The molecule has 8 heteroatoms. The number of ether oxygens (including phenoxy) is 1. The van der Waals surface area contributed by atoms with Crippen molar-refractivity contribution < 1.29 is 19.4 Å². The van der Waals surface area contributed by atoms with Crippen molar-refractivity contribution in [1.29, 1.82) is 0 Å². The number of thioether (sulfide) groups is 1. The van der Waals surface area contributed by atoms with Gasteiger partial charge in [-0.15, -0.1) is 0 Å². The number of halogens is 1. The van der Waals surface area contributed by atoms with E-state index in [1.165, 1.54) is 6.92 Å². The summed E-state index contributed by atoms with van der Waals surface area (Å²) in [6.07, 6.45) is 1.66. The van der Waals surface area contributed by atoms with E-state index in [0.29, 0.717) is 10.7 Å². The lowest BCUT2D eigenvalue weighted by atomic mass is 10.2. The number of methoxy groups -OCH3 is 1. The van der Waals surface area contributed by atoms with Crippen molar-refractivity contribution in [3.05, 3.63) is 33.1 Å². The van der Waals surface area contributed by atoms with E-state index in [1.54, 1.807) is 31.4 Å².